The highest BCUT2D eigenvalue weighted by molar-refractivity contribution is 6.23. The third kappa shape index (κ3) is 5.67. The number of nitrogens with zero attached hydrogens (tertiary/aromatic N) is 3. The monoisotopic (exact) mass is 554 g/mol. The first-order valence-corrected chi connectivity index (χ1v) is 13.4. The molecule has 10 heteroatoms. The number of benzene rings is 3. The third-order valence-corrected chi connectivity index (χ3v) is 7.37. The molecule has 0 bridgehead atoms. The van der Waals surface area contributed by atoms with Crippen molar-refractivity contribution >= 4 is 29.7 Å². The fourth-order valence-electron chi connectivity index (χ4n) is 5.23. The number of nitrogens with one attached hydrogen (secondary N) is 1. The Bertz CT molecular complexity index is 1430. The molecule has 1 N–H and O–H groups in total. The molecule has 0 radical (unpaired) electrons. The molecular formula is C31H30N4O6. The van der Waals surface area contributed by atoms with Crippen molar-refractivity contribution in [3.63, 3.8) is 0 Å². The van der Waals surface area contributed by atoms with Crippen LogP contribution in [0.15, 0.2) is 84.9 Å². The smallest absolute Gasteiger partial charge is 0.410 e. The Hall–Kier alpha value is -4.99. The number of amides is 5. The Morgan fingerprint density at radius 1 is 0.829 bits per heavy atom. The van der Waals surface area contributed by atoms with E-state index >= 15 is 0 Å². The Kier molecular flexibility index (Phi) is 8.09. The van der Waals surface area contributed by atoms with Crippen molar-refractivity contribution in [1.82, 2.24) is 20.0 Å². The second-order valence-corrected chi connectivity index (χ2v) is 9.88. The topological polar surface area (TPSA) is 116 Å². The number of fused-ring (bicyclic) bond motifs is 1. The zero-order chi connectivity index (χ0) is 28.9. The van der Waals surface area contributed by atoms with Crippen LogP contribution < -0.4 is 5.32 Å². The van der Waals surface area contributed by atoms with Crippen LogP contribution in [0.25, 0.3) is 0 Å². The summed E-state index contributed by atoms with van der Waals surface area (Å²) in [6.07, 6.45) is -0.482. The summed E-state index contributed by atoms with van der Waals surface area (Å²) in [6, 6.07) is 22.5. The predicted octanol–water partition coefficient (Wildman–Crippen LogP) is 2.49. The maximum Gasteiger partial charge on any atom is 0.410 e. The second-order valence-electron chi connectivity index (χ2n) is 9.88. The standard InChI is InChI=1S/C31H30N4O6/c1-32-27(36)25(18-21-10-4-2-5-11-21)34-17-16-33(31(40)41-20-22-12-6-3-7-13-22)19-26(30(34)39)35-28(37)23-14-8-9-15-24(23)29(35)38/h2-15,25-26H,16-20H2,1H3,(H,32,36)/t25-,26-/m0/s1. The normalized spacial score (nSPS) is 17.6. The number of hydrogen-bond acceptors (Lipinski definition) is 6. The Labute approximate surface area is 237 Å². The summed E-state index contributed by atoms with van der Waals surface area (Å²) >= 11 is 0. The Balaban J connectivity index is 1.47. The minimum absolute atomic E-state index is 0.00383. The van der Waals surface area contributed by atoms with Gasteiger partial charge in [-0.25, -0.2) is 4.79 Å². The molecule has 0 aromatic heterocycles. The number of carbonyl (C=O) groups excluding carboxylic acids is 5. The molecular weight excluding hydrogens is 524 g/mol. The third-order valence-electron chi connectivity index (χ3n) is 7.37. The highest BCUT2D eigenvalue weighted by atomic mass is 16.6. The zero-order valence-corrected chi connectivity index (χ0v) is 22.6. The van der Waals surface area contributed by atoms with Gasteiger partial charge in [-0.1, -0.05) is 72.8 Å². The van der Waals surface area contributed by atoms with Crippen LogP contribution in [0.3, 0.4) is 0 Å². The van der Waals surface area contributed by atoms with E-state index in [-0.39, 0.29) is 43.8 Å². The molecule has 2 heterocycles. The van der Waals surface area contributed by atoms with Crippen molar-refractivity contribution in [2.75, 3.05) is 26.7 Å². The van der Waals surface area contributed by atoms with Gasteiger partial charge in [0, 0.05) is 26.6 Å². The SMILES string of the molecule is CNC(=O)[C@H](Cc1ccccc1)N1CCN(C(=O)OCc2ccccc2)C[C@H](N2C(=O)c3ccccc3C2=O)C1=O. The zero-order valence-electron chi connectivity index (χ0n) is 22.6. The average molecular weight is 555 g/mol. The van der Waals surface area contributed by atoms with Crippen molar-refractivity contribution < 1.29 is 28.7 Å². The Morgan fingerprint density at radius 3 is 1.98 bits per heavy atom. The molecule has 1 saturated heterocycles. The van der Waals surface area contributed by atoms with Crippen LogP contribution in [-0.2, 0) is 27.4 Å². The quantitative estimate of drug-likeness (QED) is 0.449. The fraction of sp³-hybridized carbons (Fsp3) is 0.258. The van der Waals surface area contributed by atoms with E-state index < -0.39 is 41.8 Å². The molecule has 2 atom stereocenters. The molecule has 0 unspecified atom stereocenters. The number of ether oxygens (including phenoxy) is 1. The lowest BCUT2D eigenvalue weighted by atomic mass is 10.0. The van der Waals surface area contributed by atoms with Gasteiger partial charge in [0.1, 0.15) is 18.7 Å². The molecule has 5 amide bonds. The van der Waals surface area contributed by atoms with Crippen LogP contribution >= 0.6 is 0 Å². The largest absolute Gasteiger partial charge is 0.445 e. The van der Waals surface area contributed by atoms with Gasteiger partial charge in [-0.2, -0.15) is 0 Å². The van der Waals surface area contributed by atoms with Crippen molar-refractivity contribution in [3.05, 3.63) is 107 Å². The Morgan fingerprint density at radius 2 is 1.39 bits per heavy atom. The van der Waals surface area contributed by atoms with E-state index in [1.54, 1.807) is 12.1 Å². The fourth-order valence-corrected chi connectivity index (χ4v) is 5.23. The number of carbonyl (C=O) groups is 5. The molecule has 0 saturated carbocycles. The number of hydrogen-bond donors (Lipinski definition) is 1. The van der Waals surface area contributed by atoms with E-state index in [4.69, 9.17) is 4.74 Å². The van der Waals surface area contributed by atoms with E-state index in [1.165, 1.54) is 29.0 Å². The summed E-state index contributed by atoms with van der Waals surface area (Å²) in [4.78, 5) is 71.0. The average Bonchev–Trinajstić information content (AvgIpc) is 3.14. The van der Waals surface area contributed by atoms with Crippen LogP contribution in [0.1, 0.15) is 31.8 Å². The maximum absolute atomic E-state index is 14.2. The first-order chi connectivity index (χ1) is 19.9. The summed E-state index contributed by atoms with van der Waals surface area (Å²) in [5, 5.41) is 2.63. The minimum Gasteiger partial charge on any atom is -0.445 e. The second kappa shape index (κ2) is 12.0. The van der Waals surface area contributed by atoms with Gasteiger partial charge in [0.15, 0.2) is 0 Å². The summed E-state index contributed by atoms with van der Waals surface area (Å²) < 4.78 is 5.53. The summed E-state index contributed by atoms with van der Waals surface area (Å²) in [6.45, 7) is -0.203. The van der Waals surface area contributed by atoms with E-state index in [0.29, 0.717) is 0 Å². The summed E-state index contributed by atoms with van der Waals surface area (Å²) in [5.74, 6) is -2.24. The van der Waals surface area contributed by atoms with Crippen LogP contribution in [0, 0.1) is 0 Å². The molecule has 210 valence electrons. The van der Waals surface area contributed by atoms with Gasteiger partial charge >= 0.3 is 6.09 Å². The molecule has 2 aliphatic rings. The van der Waals surface area contributed by atoms with Crippen LogP contribution in [0.5, 0.6) is 0 Å². The highest BCUT2D eigenvalue weighted by Crippen LogP contribution is 2.27. The van der Waals surface area contributed by atoms with Crippen LogP contribution in [0.2, 0.25) is 0 Å². The van der Waals surface area contributed by atoms with Crippen molar-refractivity contribution in [1.29, 1.82) is 0 Å². The van der Waals surface area contributed by atoms with Crippen molar-refractivity contribution in [2.24, 2.45) is 0 Å². The molecule has 3 aromatic carbocycles. The van der Waals surface area contributed by atoms with Crippen molar-refractivity contribution in [2.45, 2.75) is 25.1 Å². The van der Waals surface area contributed by atoms with Gasteiger partial charge in [0.2, 0.25) is 11.8 Å². The first-order valence-electron chi connectivity index (χ1n) is 13.4. The molecule has 0 spiro atoms. The summed E-state index contributed by atoms with van der Waals surface area (Å²) in [7, 11) is 1.48. The van der Waals surface area contributed by atoms with E-state index in [1.807, 2.05) is 60.7 Å². The van der Waals surface area contributed by atoms with Gasteiger partial charge in [-0.3, -0.25) is 24.1 Å². The van der Waals surface area contributed by atoms with Gasteiger partial charge in [0.05, 0.1) is 17.7 Å². The van der Waals surface area contributed by atoms with Gasteiger partial charge < -0.3 is 19.9 Å². The van der Waals surface area contributed by atoms with E-state index in [0.717, 1.165) is 16.0 Å². The molecule has 3 aromatic rings. The lowest BCUT2D eigenvalue weighted by Gasteiger charge is -2.33. The number of rotatable bonds is 7. The molecule has 41 heavy (non-hydrogen) atoms. The van der Waals surface area contributed by atoms with Crippen molar-refractivity contribution in [3.8, 4) is 0 Å². The van der Waals surface area contributed by atoms with E-state index in [9.17, 15) is 24.0 Å². The molecule has 0 aliphatic carbocycles. The minimum atomic E-state index is -1.35. The first kappa shape index (κ1) is 27.6. The van der Waals surface area contributed by atoms with Gasteiger partial charge in [-0.15, -0.1) is 0 Å². The maximum atomic E-state index is 14.2. The number of likely N-dealkylation sites (N-methyl/N-ethyl adjacent to an activating group) is 1. The highest BCUT2D eigenvalue weighted by Gasteiger charge is 2.48. The summed E-state index contributed by atoms with van der Waals surface area (Å²) in [5.41, 5.74) is 1.99. The molecule has 10 nitrogen and oxygen atoms in total. The van der Waals surface area contributed by atoms with Gasteiger partial charge in [-0.05, 0) is 23.3 Å². The predicted molar refractivity (Wildman–Crippen MR) is 149 cm³/mol. The van der Waals surface area contributed by atoms with Gasteiger partial charge in [0.25, 0.3) is 11.8 Å². The van der Waals surface area contributed by atoms with E-state index in [2.05, 4.69) is 5.32 Å². The molecule has 1 fully saturated rings. The molecule has 5 rings (SSSR count). The lowest BCUT2D eigenvalue weighted by molar-refractivity contribution is -0.142. The molecule has 2 aliphatic heterocycles. The van der Waals surface area contributed by atoms with Crippen LogP contribution in [0.4, 0.5) is 4.79 Å². The van der Waals surface area contributed by atoms with Crippen LogP contribution in [-0.4, -0.2) is 83.2 Å². The lowest BCUT2D eigenvalue weighted by Crippen LogP contribution is -2.57. The number of imide groups is 1.